The first-order valence-electron chi connectivity index (χ1n) is 14.3. The lowest BCUT2D eigenvalue weighted by molar-refractivity contribution is 0.0759. The van der Waals surface area contributed by atoms with Crippen molar-refractivity contribution in [1.29, 1.82) is 0 Å². The van der Waals surface area contributed by atoms with Crippen LogP contribution in [0.1, 0.15) is 43.9 Å². The van der Waals surface area contributed by atoms with E-state index < -0.39 is 11.7 Å². The maximum atomic E-state index is 13.9. The van der Waals surface area contributed by atoms with E-state index >= 15 is 0 Å². The Hall–Kier alpha value is -4.44. The standard InChI is InChI=1S/C32H36FN5O4/c1-42-27-9-3-7-24(21-27)31(40)38-16-5-15-36(18-19-38)29-11-10-25(32(41)37-14-4-12-34-13-17-37)22-28(29)35-30(39)23-6-2-8-26(33)20-23/h2-3,6-11,20-22,34H,4-5,12-19H2,1H3,(H,35,39). The predicted molar refractivity (Wildman–Crippen MR) is 160 cm³/mol. The minimum Gasteiger partial charge on any atom is -0.497 e. The second kappa shape index (κ2) is 13.5. The second-order valence-corrected chi connectivity index (χ2v) is 10.5. The first-order chi connectivity index (χ1) is 20.4. The molecule has 0 saturated carbocycles. The molecule has 2 heterocycles. The third kappa shape index (κ3) is 6.88. The summed E-state index contributed by atoms with van der Waals surface area (Å²) in [5, 5.41) is 6.24. The zero-order chi connectivity index (χ0) is 29.5. The minimum absolute atomic E-state index is 0.0664. The molecule has 10 heteroatoms. The SMILES string of the molecule is COc1cccc(C(=O)N2CCCN(c3ccc(C(=O)N4CCCNCC4)cc3NC(=O)c3cccc(F)c3)CC2)c1. The highest BCUT2D eigenvalue weighted by atomic mass is 19.1. The van der Waals surface area contributed by atoms with Gasteiger partial charge < -0.3 is 30.1 Å². The maximum Gasteiger partial charge on any atom is 0.255 e. The fourth-order valence-electron chi connectivity index (χ4n) is 5.40. The van der Waals surface area contributed by atoms with E-state index in [0.717, 1.165) is 25.2 Å². The Bertz CT molecular complexity index is 1440. The first kappa shape index (κ1) is 29.1. The molecule has 0 aromatic heterocycles. The number of carbonyl (C=O) groups excluding carboxylic acids is 3. The summed E-state index contributed by atoms with van der Waals surface area (Å²) in [5.74, 6) is -0.512. The van der Waals surface area contributed by atoms with Gasteiger partial charge in [0.05, 0.1) is 18.5 Å². The predicted octanol–water partition coefficient (Wildman–Crippen LogP) is 3.87. The van der Waals surface area contributed by atoms with Gasteiger partial charge in [-0.05, 0) is 74.0 Å². The molecule has 3 aromatic carbocycles. The molecule has 2 aliphatic heterocycles. The van der Waals surface area contributed by atoms with Crippen molar-refractivity contribution in [2.24, 2.45) is 0 Å². The first-order valence-corrected chi connectivity index (χ1v) is 14.3. The van der Waals surface area contributed by atoms with Crippen LogP contribution in [0.2, 0.25) is 0 Å². The van der Waals surface area contributed by atoms with E-state index in [9.17, 15) is 18.8 Å². The van der Waals surface area contributed by atoms with Crippen LogP contribution in [0.3, 0.4) is 0 Å². The Morgan fingerprint density at radius 1 is 0.762 bits per heavy atom. The van der Waals surface area contributed by atoms with Crippen LogP contribution in [-0.2, 0) is 0 Å². The summed E-state index contributed by atoms with van der Waals surface area (Å²) >= 11 is 0. The summed E-state index contributed by atoms with van der Waals surface area (Å²) < 4.78 is 19.2. The third-order valence-corrected chi connectivity index (χ3v) is 7.65. The van der Waals surface area contributed by atoms with Gasteiger partial charge in [0.25, 0.3) is 17.7 Å². The Morgan fingerprint density at radius 3 is 2.31 bits per heavy atom. The summed E-state index contributed by atoms with van der Waals surface area (Å²) in [6.45, 7) is 5.09. The van der Waals surface area contributed by atoms with Gasteiger partial charge >= 0.3 is 0 Å². The van der Waals surface area contributed by atoms with Gasteiger partial charge in [-0.2, -0.15) is 0 Å². The quantitative estimate of drug-likeness (QED) is 0.465. The van der Waals surface area contributed by atoms with Crippen molar-refractivity contribution < 1.29 is 23.5 Å². The van der Waals surface area contributed by atoms with Gasteiger partial charge in [0.2, 0.25) is 0 Å². The van der Waals surface area contributed by atoms with Crippen LogP contribution in [0.15, 0.2) is 66.7 Å². The van der Waals surface area contributed by atoms with Crippen molar-refractivity contribution in [3.05, 3.63) is 89.2 Å². The average Bonchev–Trinajstić information content (AvgIpc) is 3.44. The summed E-state index contributed by atoms with van der Waals surface area (Å²) in [4.78, 5) is 45.6. The van der Waals surface area contributed by atoms with Crippen molar-refractivity contribution >= 4 is 29.1 Å². The van der Waals surface area contributed by atoms with Crippen molar-refractivity contribution in [2.45, 2.75) is 12.8 Å². The van der Waals surface area contributed by atoms with Crippen LogP contribution in [0.4, 0.5) is 15.8 Å². The number of amides is 3. The van der Waals surface area contributed by atoms with E-state index in [1.807, 2.05) is 15.9 Å². The fraction of sp³-hybridized carbons (Fsp3) is 0.344. The van der Waals surface area contributed by atoms with Crippen LogP contribution in [0, 0.1) is 5.82 Å². The maximum absolute atomic E-state index is 13.9. The number of halogens is 1. The number of nitrogens with one attached hydrogen (secondary N) is 2. The highest BCUT2D eigenvalue weighted by Gasteiger charge is 2.25. The fourth-order valence-corrected chi connectivity index (χ4v) is 5.40. The lowest BCUT2D eigenvalue weighted by Crippen LogP contribution is -2.35. The van der Waals surface area contributed by atoms with E-state index in [2.05, 4.69) is 15.5 Å². The molecule has 2 saturated heterocycles. The van der Waals surface area contributed by atoms with Crippen molar-refractivity contribution in [3.63, 3.8) is 0 Å². The molecule has 2 aliphatic rings. The van der Waals surface area contributed by atoms with E-state index in [4.69, 9.17) is 4.74 Å². The summed E-state index contributed by atoms with van der Waals surface area (Å²) in [7, 11) is 1.57. The topological polar surface area (TPSA) is 94.2 Å². The molecule has 5 rings (SSSR count). The van der Waals surface area contributed by atoms with Crippen LogP contribution in [-0.4, -0.2) is 87.0 Å². The highest BCUT2D eigenvalue weighted by molar-refractivity contribution is 6.07. The van der Waals surface area contributed by atoms with Gasteiger partial charge in [0.1, 0.15) is 11.6 Å². The Morgan fingerprint density at radius 2 is 1.50 bits per heavy atom. The molecule has 42 heavy (non-hydrogen) atoms. The third-order valence-electron chi connectivity index (χ3n) is 7.65. The number of methoxy groups -OCH3 is 1. The molecule has 0 spiro atoms. The molecule has 3 amide bonds. The highest BCUT2D eigenvalue weighted by Crippen LogP contribution is 2.30. The molecule has 0 bridgehead atoms. The molecular formula is C32H36FN5O4. The van der Waals surface area contributed by atoms with E-state index in [-0.39, 0.29) is 17.4 Å². The summed E-state index contributed by atoms with van der Waals surface area (Å²) in [5.41, 5.74) is 2.43. The smallest absolute Gasteiger partial charge is 0.255 e. The molecule has 0 aliphatic carbocycles. The Balaban J connectivity index is 1.39. The largest absolute Gasteiger partial charge is 0.497 e. The molecule has 2 fully saturated rings. The Labute approximate surface area is 245 Å². The molecule has 2 N–H and O–H groups in total. The molecule has 0 unspecified atom stereocenters. The number of hydrogen-bond acceptors (Lipinski definition) is 6. The van der Waals surface area contributed by atoms with Crippen LogP contribution in [0.25, 0.3) is 0 Å². The van der Waals surface area contributed by atoms with Crippen molar-refractivity contribution in [3.8, 4) is 5.75 Å². The number of nitrogens with zero attached hydrogens (tertiary/aromatic N) is 3. The Kier molecular flexibility index (Phi) is 9.33. The zero-order valence-electron chi connectivity index (χ0n) is 23.8. The van der Waals surface area contributed by atoms with Crippen molar-refractivity contribution in [1.82, 2.24) is 15.1 Å². The van der Waals surface area contributed by atoms with Crippen LogP contribution < -0.4 is 20.3 Å². The number of ether oxygens (including phenoxy) is 1. The van der Waals surface area contributed by atoms with E-state index in [1.165, 1.54) is 18.2 Å². The number of benzene rings is 3. The minimum atomic E-state index is -0.505. The molecule has 0 radical (unpaired) electrons. The monoisotopic (exact) mass is 573 g/mol. The van der Waals surface area contributed by atoms with Gasteiger partial charge in [0, 0.05) is 62.5 Å². The van der Waals surface area contributed by atoms with Crippen LogP contribution >= 0.6 is 0 Å². The van der Waals surface area contributed by atoms with E-state index in [0.29, 0.717) is 68.3 Å². The van der Waals surface area contributed by atoms with Gasteiger partial charge in [-0.15, -0.1) is 0 Å². The van der Waals surface area contributed by atoms with E-state index in [1.54, 1.807) is 49.6 Å². The van der Waals surface area contributed by atoms with Crippen molar-refractivity contribution in [2.75, 3.05) is 69.7 Å². The summed E-state index contributed by atoms with van der Waals surface area (Å²) in [6.07, 6.45) is 1.58. The lowest BCUT2D eigenvalue weighted by atomic mass is 10.1. The summed E-state index contributed by atoms with van der Waals surface area (Å²) in [6, 6.07) is 18.0. The number of anilines is 2. The number of carbonyl (C=O) groups is 3. The molecule has 9 nitrogen and oxygen atoms in total. The van der Waals surface area contributed by atoms with Gasteiger partial charge in [-0.1, -0.05) is 12.1 Å². The molecular weight excluding hydrogens is 537 g/mol. The van der Waals surface area contributed by atoms with Gasteiger partial charge in [0.15, 0.2) is 0 Å². The molecule has 220 valence electrons. The molecule has 3 aromatic rings. The zero-order valence-corrected chi connectivity index (χ0v) is 23.8. The van der Waals surface area contributed by atoms with Crippen LogP contribution in [0.5, 0.6) is 5.75 Å². The molecule has 0 atom stereocenters. The lowest BCUT2D eigenvalue weighted by Gasteiger charge is -2.27. The normalized spacial score (nSPS) is 15.9. The number of rotatable bonds is 6. The van der Waals surface area contributed by atoms with Gasteiger partial charge in [-0.25, -0.2) is 4.39 Å². The average molecular weight is 574 g/mol. The number of hydrogen-bond donors (Lipinski definition) is 2. The second-order valence-electron chi connectivity index (χ2n) is 10.5. The van der Waals surface area contributed by atoms with Gasteiger partial charge in [-0.3, -0.25) is 14.4 Å².